The number of thiophene rings is 1. The van der Waals surface area contributed by atoms with E-state index in [1.807, 2.05) is 0 Å². The van der Waals surface area contributed by atoms with Crippen LogP contribution in [0.5, 0.6) is 0 Å². The Morgan fingerprint density at radius 1 is 1.43 bits per heavy atom. The molecule has 9 heteroatoms. The number of carbonyl (C=O) groups is 3. The highest BCUT2D eigenvalue weighted by molar-refractivity contribution is 9.11. The monoisotopic (exact) mass is 375 g/mol. The first-order valence-corrected chi connectivity index (χ1v) is 7.90. The second-order valence-corrected chi connectivity index (χ2v) is 7.07. The smallest absolute Gasteiger partial charge is 0.407 e. The number of likely N-dealkylation sites (tertiary alicyclic amines) is 1. The Morgan fingerprint density at radius 2 is 2.14 bits per heavy atom. The number of nitrogens with one attached hydrogen (secondary N) is 1. The van der Waals surface area contributed by atoms with Gasteiger partial charge in [0.15, 0.2) is 0 Å². The number of carboxylic acid groups (broad SMARTS) is 1. The minimum atomic E-state index is -1.11. The number of hydrogen-bond donors (Lipinski definition) is 3. The maximum Gasteiger partial charge on any atom is 0.407 e. The minimum Gasteiger partial charge on any atom is -0.465 e. The van der Waals surface area contributed by atoms with Gasteiger partial charge in [0.25, 0.3) is 5.91 Å². The van der Waals surface area contributed by atoms with Crippen molar-refractivity contribution in [2.24, 2.45) is 5.73 Å². The summed E-state index contributed by atoms with van der Waals surface area (Å²) < 4.78 is 0.658. The highest BCUT2D eigenvalue weighted by atomic mass is 79.9. The van der Waals surface area contributed by atoms with Gasteiger partial charge in [-0.15, -0.1) is 11.3 Å². The van der Waals surface area contributed by atoms with Crippen LogP contribution < -0.4 is 11.1 Å². The van der Waals surface area contributed by atoms with Gasteiger partial charge in [-0.05, 0) is 41.3 Å². The number of nitrogens with zero attached hydrogens (tertiary/aromatic N) is 1. The van der Waals surface area contributed by atoms with Crippen molar-refractivity contribution in [3.05, 3.63) is 14.7 Å². The van der Waals surface area contributed by atoms with E-state index in [4.69, 9.17) is 10.8 Å². The fourth-order valence-electron chi connectivity index (χ4n) is 2.29. The molecule has 7 nitrogen and oxygen atoms in total. The van der Waals surface area contributed by atoms with Crippen molar-refractivity contribution >= 4 is 50.9 Å². The Kier molecular flexibility index (Phi) is 4.84. The van der Waals surface area contributed by atoms with E-state index in [0.717, 1.165) is 29.1 Å². The van der Waals surface area contributed by atoms with E-state index in [9.17, 15) is 14.4 Å². The van der Waals surface area contributed by atoms with Crippen LogP contribution in [0.2, 0.25) is 0 Å². The first-order valence-electron chi connectivity index (χ1n) is 6.29. The average Bonchev–Trinajstić information content (AvgIpc) is 2.79. The maximum atomic E-state index is 12.3. The third-order valence-electron chi connectivity index (χ3n) is 3.23. The Balaban J connectivity index is 2.17. The molecule has 1 atom stereocenters. The normalized spacial score (nSPS) is 18.3. The van der Waals surface area contributed by atoms with Crippen LogP contribution in [-0.2, 0) is 4.79 Å². The number of carbonyl (C=O) groups excluding carboxylic acids is 2. The van der Waals surface area contributed by atoms with E-state index in [1.165, 1.54) is 0 Å². The Labute approximate surface area is 133 Å². The molecule has 1 aromatic heterocycles. The molecular weight excluding hydrogens is 362 g/mol. The van der Waals surface area contributed by atoms with E-state index in [0.29, 0.717) is 22.4 Å². The predicted molar refractivity (Wildman–Crippen MR) is 81.5 cm³/mol. The van der Waals surface area contributed by atoms with Crippen LogP contribution in [0.3, 0.4) is 0 Å². The molecule has 1 aliphatic heterocycles. The lowest BCUT2D eigenvalue weighted by Gasteiger charge is -2.32. The summed E-state index contributed by atoms with van der Waals surface area (Å²) in [6.07, 6.45) is 0.885. The van der Waals surface area contributed by atoms with Gasteiger partial charge in [-0.1, -0.05) is 0 Å². The summed E-state index contributed by atoms with van der Waals surface area (Å²) in [5.74, 6) is -1.08. The van der Waals surface area contributed by atoms with Gasteiger partial charge in [0.1, 0.15) is 10.9 Å². The van der Waals surface area contributed by atoms with Crippen molar-refractivity contribution in [1.29, 1.82) is 0 Å². The van der Waals surface area contributed by atoms with Gasteiger partial charge in [0.05, 0.1) is 9.47 Å². The first kappa shape index (κ1) is 15.8. The summed E-state index contributed by atoms with van der Waals surface area (Å²) in [5, 5.41) is 11.7. The van der Waals surface area contributed by atoms with Gasteiger partial charge in [0, 0.05) is 6.54 Å². The lowest BCUT2D eigenvalue weighted by molar-refractivity contribution is -0.121. The summed E-state index contributed by atoms with van der Waals surface area (Å²) in [7, 11) is 0. The molecular formula is C12H14BrN3O4S. The highest BCUT2D eigenvalue weighted by Crippen LogP contribution is 2.31. The van der Waals surface area contributed by atoms with Gasteiger partial charge < -0.3 is 16.2 Å². The molecule has 2 rings (SSSR count). The molecule has 0 saturated carbocycles. The van der Waals surface area contributed by atoms with Crippen molar-refractivity contribution in [2.45, 2.75) is 25.3 Å². The van der Waals surface area contributed by atoms with Crippen LogP contribution in [0.25, 0.3) is 0 Å². The molecule has 1 aliphatic rings. The third kappa shape index (κ3) is 3.53. The molecule has 2 heterocycles. The fraction of sp³-hybridized carbons (Fsp3) is 0.417. The Hall–Kier alpha value is -1.61. The number of piperidine rings is 1. The lowest BCUT2D eigenvalue weighted by Crippen LogP contribution is -2.49. The first-order chi connectivity index (χ1) is 9.90. The maximum absolute atomic E-state index is 12.3. The van der Waals surface area contributed by atoms with Gasteiger partial charge >= 0.3 is 6.09 Å². The molecule has 0 unspecified atom stereocenters. The zero-order valence-electron chi connectivity index (χ0n) is 11.0. The molecule has 0 aromatic carbocycles. The molecule has 0 spiro atoms. The zero-order valence-corrected chi connectivity index (χ0v) is 13.4. The van der Waals surface area contributed by atoms with Crippen molar-refractivity contribution in [2.75, 3.05) is 11.9 Å². The van der Waals surface area contributed by atoms with E-state index in [1.54, 1.807) is 6.07 Å². The summed E-state index contributed by atoms with van der Waals surface area (Å²) in [6.45, 7) is 0.337. The van der Waals surface area contributed by atoms with Crippen LogP contribution in [0, 0.1) is 0 Å². The molecule has 1 fully saturated rings. The molecule has 21 heavy (non-hydrogen) atoms. The van der Waals surface area contributed by atoms with Gasteiger partial charge in [-0.3, -0.25) is 14.5 Å². The minimum absolute atomic E-state index is 0.230. The molecule has 0 aliphatic carbocycles. The predicted octanol–water partition coefficient (Wildman–Crippen LogP) is 2.08. The molecule has 0 bridgehead atoms. The largest absolute Gasteiger partial charge is 0.465 e. The van der Waals surface area contributed by atoms with E-state index in [-0.39, 0.29) is 4.88 Å². The second kappa shape index (κ2) is 6.44. The van der Waals surface area contributed by atoms with E-state index < -0.39 is 23.9 Å². The molecule has 114 valence electrons. The van der Waals surface area contributed by atoms with E-state index in [2.05, 4.69) is 21.2 Å². The number of amides is 3. The number of rotatable bonds is 3. The number of hydrogen-bond acceptors (Lipinski definition) is 4. The van der Waals surface area contributed by atoms with Gasteiger partial charge in [0.2, 0.25) is 5.91 Å². The molecule has 0 radical (unpaired) electrons. The standard InChI is InChI=1S/C12H14BrN3O4S/c13-8-5-6(9(21-8)10(14)17)15-11(18)7-3-1-2-4-16(7)12(19)20/h5,7H,1-4H2,(H2,14,17)(H,15,18)(H,19,20)/t7-/m0/s1. The summed E-state index contributed by atoms with van der Waals surface area (Å²) in [4.78, 5) is 36.1. The van der Waals surface area contributed by atoms with Crippen LogP contribution in [0.15, 0.2) is 9.85 Å². The number of primary amides is 1. The Bertz CT molecular complexity index is 589. The zero-order chi connectivity index (χ0) is 15.6. The van der Waals surface area contributed by atoms with Crippen molar-refractivity contribution in [3.63, 3.8) is 0 Å². The summed E-state index contributed by atoms with van der Waals surface area (Å²) >= 11 is 4.34. The van der Waals surface area contributed by atoms with Crippen molar-refractivity contribution < 1.29 is 19.5 Å². The third-order valence-corrected chi connectivity index (χ3v) is 4.89. The molecule has 1 saturated heterocycles. The lowest BCUT2D eigenvalue weighted by atomic mass is 10.0. The van der Waals surface area contributed by atoms with Gasteiger partial charge in [-0.25, -0.2) is 4.79 Å². The van der Waals surface area contributed by atoms with E-state index >= 15 is 0 Å². The van der Waals surface area contributed by atoms with Crippen LogP contribution in [-0.4, -0.2) is 40.5 Å². The fourth-order valence-corrected chi connectivity index (χ4v) is 3.69. The average molecular weight is 376 g/mol. The number of nitrogens with two attached hydrogens (primary N) is 1. The quantitative estimate of drug-likeness (QED) is 0.750. The number of halogens is 1. The van der Waals surface area contributed by atoms with Crippen LogP contribution >= 0.6 is 27.3 Å². The Morgan fingerprint density at radius 3 is 2.76 bits per heavy atom. The van der Waals surface area contributed by atoms with Crippen LogP contribution in [0.1, 0.15) is 28.9 Å². The molecule has 4 N–H and O–H groups in total. The molecule has 3 amide bonds. The van der Waals surface area contributed by atoms with Gasteiger partial charge in [-0.2, -0.15) is 0 Å². The molecule has 1 aromatic rings. The summed E-state index contributed by atoms with van der Waals surface area (Å²) in [6, 6.07) is 0.840. The topological polar surface area (TPSA) is 113 Å². The van der Waals surface area contributed by atoms with Crippen molar-refractivity contribution in [1.82, 2.24) is 4.90 Å². The second-order valence-electron chi connectivity index (χ2n) is 4.63. The highest BCUT2D eigenvalue weighted by Gasteiger charge is 2.32. The SMILES string of the molecule is NC(=O)c1sc(Br)cc1NC(=O)[C@@H]1CCCCN1C(=O)O. The van der Waals surface area contributed by atoms with Crippen molar-refractivity contribution in [3.8, 4) is 0 Å². The summed E-state index contributed by atoms with van der Waals surface area (Å²) in [5.41, 5.74) is 5.56. The number of anilines is 1. The van der Waals surface area contributed by atoms with Crippen LogP contribution in [0.4, 0.5) is 10.5 Å².